The van der Waals surface area contributed by atoms with Crippen LogP contribution in [0.1, 0.15) is 29.1 Å². The topological polar surface area (TPSA) is 59.6 Å². The lowest BCUT2D eigenvalue weighted by Crippen LogP contribution is -2.37. The Morgan fingerprint density at radius 2 is 1.88 bits per heavy atom. The predicted molar refractivity (Wildman–Crippen MR) is 92.9 cm³/mol. The second kappa shape index (κ2) is 7.95. The molecule has 24 heavy (non-hydrogen) atoms. The van der Waals surface area contributed by atoms with Crippen LogP contribution in [0.4, 0.5) is 5.69 Å². The highest BCUT2D eigenvalue weighted by atomic mass is 16.7. The van der Waals surface area contributed by atoms with Gasteiger partial charge in [0.2, 0.25) is 0 Å². The lowest BCUT2D eigenvalue weighted by atomic mass is 10.1. The molecule has 1 unspecified atom stereocenters. The number of carbonyl (C=O) groups excluding carboxylic acids is 1. The molecule has 2 N–H and O–H groups in total. The third kappa shape index (κ3) is 4.34. The first-order valence-electron chi connectivity index (χ1n) is 8.15. The number of anilines is 1. The summed E-state index contributed by atoms with van der Waals surface area (Å²) in [6, 6.07) is 17.3. The summed E-state index contributed by atoms with van der Waals surface area (Å²) >= 11 is 0. The molecule has 2 aromatic rings. The standard InChI is InChI=1S/C19H22N2O3/c1-14(13-20-17-8-3-2-4-9-17)21-18(22)15-6-5-7-16(12-15)19-23-10-11-24-19/h2-9,12,14,19-20H,10-11,13H2,1H3,(H,21,22). The van der Waals surface area contributed by atoms with Crippen LogP contribution < -0.4 is 10.6 Å². The molecule has 2 aromatic carbocycles. The van der Waals surface area contributed by atoms with Crippen molar-refractivity contribution in [1.29, 1.82) is 0 Å². The molecule has 0 saturated carbocycles. The molecule has 1 saturated heterocycles. The zero-order chi connectivity index (χ0) is 16.8. The fraction of sp³-hybridized carbons (Fsp3) is 0.316. The Morgan fingerprint density at radius 1 is 1.12 bits per heavy atom. The van der Waals surface area contributed by atoms with E-state index in [0.29, 0.717) is 25.3 Å². The van der Waals surface area contributed by atoms with Crippen molar-refractivity contribution in [2.75, 3.05) is 25.1 Å². The van der Waals surface area contributed by atoms with E-state index in [9.17, 15) is 4.79 Å². The van der Waals surface area contributed by atoms with Gasteiger partial charge in [-0.25, -0.2) is 0 Å². The number of nitrogens with one attached hydrogen (secondary N) is 2. The number of carbonyl (C=O) groups is 1. The van der Waals surface area contributed by atoms with Crippen LogP contribution in [-0.4, -0.2) is 31.7 Å². The molecule has 1 aliphatic rings. The maximum atomic E-state index is 12.4. The molecule has 1 aliphatic heterocycles. The van der Waals surface area contributed by atoms with E-state index in [2.05, 4.69) is 10.6 Å². The second-order valence-corrected chi connectivity index (χ2v) is 5.82. The fourth-order valence-corrected chi connectivity index (χ4v) is 2.56. The fourth-order valence-electron chi connectivity index (χ4n) is 2.56. The molecule has 1 fully saturated rings. The lowest BCUT2D eigenvalue weighted by Gasteiger charge is -2.16. The van der Waals surface area contributed by atoms with E-state index >= 15 is 0 Å². The Hall–Kier alpha value is -2.37. The van der Waals surface area contributed by atoms with Gasteiger partial charge in [-0.15, -0.1) is 0 Å². The van der Waals surface area contributed by atoms with E-state index < -0.39 is 0 Å². The van der Waals surface area contributed by atoms with E-state index in [4.69, 9.17) is 9.47 Å². The maximum Gasteiger partial charge on any atom is 0.251 e. The quantitative estimate of drug-likeness (QED) is 0.857. The Morgan fingerprint density at radius 3 is 2.62 bits per heavy atom. The van der Waals surface area contributed by atoms with E-state index in [1.165, 1.54) is 0 Å². The van der Waals surface area contributed by atoms with Gasteiger partial charge in [-0.3, -0.25) is 4.79 Å². The Kier molecular flexibility index (Phi) is 5.46. The third-order valence-corrected chi connectivity index (χ3v) is 3.81. The van der Waals surface area contributed by atoms with Crippen molar-refractivity contribution in [2.24, 2.45) is 0 Å². The molecule has 0 radical (unpaired) electrons. The molecular weight excluding hydrogens is 304 g/mol. The average Bonchev–Trinajstić information content (AvgIpc) is 3.16. The van der Waals surface area contributed by atoms with Gasteiger partial charge in [0.15, 0.2) is 6.29 Å². The first kappa shape index (κ1) is 16.5. The average molecular weight is 326 g/mol. The normalized spacial score (nSPS) is 15.9. The Labute approximate surface area is 142 Å². The van der Waals surface area contributed by atoms with Gasteiger partial charge in [0.05, 0.1) is 13.2 Å². The van der Waals surface area contributed by atoms with Gasteiger partial charge >= 0.3 is 0 Å². The van der Waals surface area contributed by atoms with Gasteiger partial charge in [-0.2, -0.15) is 0 Å². The monoisotopic (exact) mass is 326 g/mol. The highest BCUT2D eigenvalue weighted by Gasteiger charge is 2.19. The number of hydrogen-bond donors (Lipinski definition) is 2. The summed E-state index contributed by atoms with van der Waals surface area (Å²) in [6.45, 7) is 3.80. The van der Waals surface area contributed by atoms with Gasteiger partial charge in [-0.1, -0.05) is 30.3 Å². The summed E-state index contributed by atoms with van der Waals surface area (Å²) in [5.41, 5.74) is 2.52. The molecule has 0 spiro atoms. The molecule has 0 aliphatic carbocycles. The van der Waals surface area contributed by atoms with Crippen LogP contribution in [0.25, 0.3) is 0 Å². The van der Waals surface area contributed by atoms with Gasteiger partial charge in [0, 0.05) is 29.4 Å². The van der Waals surface area contributed by atoms with Crippen molar-refractivity contribution in [1.82, 2.24) is 5.32 Å². The predicted octanol–water partition coefficient (Wildman–Crippen LogP) is 2.96. The molecule has 0 bridgehead atoms. The first-order chi connectivity index (χ1) is 11.7. The number of benzene rings is 2. The largest absolute Gasteiger partial charge is 0.383 e. The molecule has 5 nitrogen and oxygen atoms in total. The summed E-state index contributed by atoms with van der Waals surface area (Å²) < 4.78 is 11.0. The van der Waals surface area contributed by atoms with E-state index in [1.54, 1.807) is 6.07 Å². The molecule has 1 heterocycles. The summed E-state index contributed by atoms with van der Waals surface area (Å²) in [5.74, 6) is -0.0998. The molecule has 1 amide bonds. The van der Waals surface area contributed by atoms with Crippen LogP contribution in [0.15, 0.2) is 54.6 Å². The van der Waals surface area contributed by atoms with Gasteiger partial charge < -0.3 is 20.1 Å². The SMILES string of the molecule is CC(CNc1ccccc1)NC(=O)c1cccc(C2OCCO2)c1. The number of hydrogen-bond acceptors (Lipinski definition) is 4. The van der Waals surface area contributed by atoms with Crippen LogP contribution in [-0.2, 0) is 9.47 Å². The van der Waals surface area contributed by atoms with Crippen LogP contribution in [0.2, 0.25) is 0 Å². The lowest BCUT2D eigenvalue weighted by molar-refractivity contribution is -0.0441. The van der Waals surface area contributed by atoms with Crippen molar-refractivity contribution in [2.45, 2.75) is 19.3 Å². The molecule has 3 rings (SSSR count). The van der Waals surface area contributed by atoms with Crippen molar-refractivity contribution in [3.8, 4) is 0 Å². The minimum Gasteiger partial charge on any atom is -0.383 e. The second-order valence-electron chi connectivity index (χ2n) is 5.82. The molecule has 1 atom stereocenters. The maximum absolute atomic E-state index is 12.4. The zero-order valence-electron chi connectivity index (χ0n) is 13.7. The minimum absolute atomic E-state index is 0.000317. The smallest absolute Gasteiger partial charge is 0.251 e. The molecule has 5 heteroatoms. The number of ether oxygens (including phenoxy) is 2. The summed E-state index contributed by atoms with van der Waals surface area (Å²) in [5, 5.41) is 6.30. The van der Waals surface area contributed by atoms with E-state index in [0.717, 1.165) is 11.3 Å². The van der Waals surface area contributed by atoms with Crippen molar-refractivity contribution in [3.05, 3.63) is 65.7 Å². The number of rotatable bonds is 6. The molecule has 0 aromatic heterocycles. The number of amides is 1. The summed E-state index contributed by atoms with van der Waals surface area (Å²) in [7, 11) is 0. The van der Waals surface area contributed by atoms with Crippen LogP contribution in [0.3, 0.4) is 0 Å². The van der Waals surface area contributed by atoms with Crippen LogP contribution in [0, 0.1) is 0 Å². The summed E-state index contributed by atoms with van der Waals surface area (Å²) in [6.07, 6.45) is -0.366. The van der Waals surface area contributed by atoms with Gasteiger partial charge in [0.1, 0.15) is 0 Å². The minimum atomic E-state index is -0.366. The van der Waals surface area contributed by atoms with E-state index in [-0.39, 0.29) is 18.2 Å². The van der Waals surface area contributed by atoms with Gasteiger partial charge in [0.25, 0.3) is 5.91 Å². The van der Waals surface area contributed by atoms with E-state index in [1.807, 2.05) is 55.5 Å². The molecular formula is C19H22N2O3. The van der Waals surface area contributed by atoms with Crippen LogP contribution in [0.5, 0.6) is 0 Å². The first-order valence-corrected chi connectivity index (χ1v) is 8.15. The third-order valence-electron chi connectivity index (χ3n) is 3.81. The Bertz CT molecular complexity index is 669. The molecule has 126 valence electrons. The van der Waals surface area contributed by atoms with Crippen molar-refractivity contribution in [3.63, 3.8) is 0 Å². The Balaban J connectivity index is 1.55. The van der Waals surface area contributed by atoms with Crippen molar-refractivity contribution < 1.29 is 14.3 Å². The van der Waals surface area contributed by atoms with Crippen molar-refractivity contribution >= 4 is 11.6 Å². The van der Waals surface area contributed by atoms with Crippen LogP contribution >= 0.6 is 0 Å². The van der Waals surface area contributed by atoms with Gasteiger partial charge in [-0.05, 0) is 31.2 Å². The number of para-hydroxylation sites is 1. The summed E-state index contributed by atoms with van der Waals surface area (Å²) in [4.78, 5) is 12.4. The highest BCUT2D eigenvalue weighted by molar-refractivity contribution is 5.94. The highest BCUT2D eigenvalue weighted by Crippen LogP contribution is 2.23. The zero-order valence-corrected chi connectivity index (χ0v) is 13.7.